The Kier molecular flexibility index (Phi) is 5.10. The van der Waals surface area contributed by atoms with Gasteiger partial charge in [-0.05, 0) is 36.5 Å². The molecule has 0 aromatic carbocycles. The van der Waals surface area contributed by atoms with Gasteiger partial charge in [0.1, 0.15) is 0 Å². The maximum atomic E-state index is 12.1. The quantitative estimate of drug-likeness (QED) is 0.777. The van der Waals surface area contributed by atoms with Crippen molar-refractivity contribution in [3.05, 3.63) is 36.2 Å². The van der Waals surface area contributed by atoms with E-state index in [1.54, 1.807) is 25.6 Å². The van der Waals surface area contributed by atoms with Crippen molar-refractivity contribution >= 4 is 12.0 Å². The lowest BCUT2D eigenvalue weighted by atomic mass is 9.99. The lowest BCUT2D eigenvalue weighted by Gasteiger charge is -2.31. The molecule has 1 atom stereocenters. The molecule has 4 heteroatoms. The molecule has 1 aromatic heterocycles. The van der Waals surface area contributed by atoms with Crippen LogP contribution >= 0.6 is 0 Å². The zero-order valence-electron chi connectivity index (χ0n) is 11.3. The normalized spacial score (nSPS) is 19.8. The molecule has 2 heterocycles. The Labute approximate surface area is 114 Å². The van der Waals surface area contributed by atoms with Crippen LogP contribution in [0.2, 0.25) is 0 Å². The molecule has 1 amide bonds. The second-order valence-electron chi connectivity index (χ2n) is 4.87. The van der Waals surface area contributed by atoms with E-state index in [2.05, 4.69) is 4.98 Å². The maximum absolute atomic E-state index is 12.1. The number of hydrogen-bond acceptors (Lipinski definition) is 3. The van der Waals surface area contributed by atoms with Gasteiger partial charge in [0.05, 0.1) is 6.61 Å². The van der Waals surface area contributed by atoms with Crippen LogP contribution in [0.25, 0.3) is 6.08 Å². The molecule has 1 aliphatic heterocycles. The molecule has 0 N–H and O–H groups in total. The standard InChI is InChI=1S/C15H20N2O2/c1-19-12-14-5-3-9-17(11-14)15(18)7-6-13-4-2-8-16-10-13/h2,4,6-8,10,14H,3,5,9,11-12H2,1H3. The zero-order chi connectivity index (χ0) is 13.5. The van der Waals surface area contributed by atoms with E-state index in [4.69, 9.17) is 4.74 Å². The van der Waals surface area contributed by atoms with Gasteiger partial charge in [-0.1, -0.05) is 6.07 Å². The Hall–Kier alpha value is -1.68. The fourth-order valence-electron chi connectivity index (χ4n) is 2.38. The maximum Gasteiger partial charge on any atom is 0.246 e. The molecular weight excluding hydrogens is 240 g/mol. The van der Waals surface area contributed by atoms with E-state index in [0.29, 0.717) is 5.92 Å². The summed E-state index contributed by atoms with van der Waals surface area (Å²) in [5.41, 5.74) is 0.946. The van der Waals surface area contributed by atoms with E-state index in [-0.39, 0.29) is 5.91 Å². The smallest absolute Gasteiger partial charge is 0.246 e. The van der Waals surface area contributed by atoms with Gasteiger partial charge in [-0.25, -0.2) is 0 Å². The van der Waals surface area contributed by atoms with E-state index in [1.807, 2.05) is 23.1 Å². The Morgan fingerprint density at radius 2 is 2.53 bits per heavy atom. The van der Waals surface area contributed by atoms with Gasteiger partial charge in [0, 0.05) is 38.7 Å². The lowest BCUT2D eigenvalue weighted by Crippen LogP contribution is -2.40. The van der Waals surface area contributed by atoms with Crippen LogP contribution in [0.15, 0.2) is 30.6 Å². The highest BCUT2D eigenvalue weighted by Gasteiger charge is 2.21. The molecule has 1 aliphatic rings. The zero-order valence-corrected chi connectivity index (χ0v) is 11.3. The third-order valence-electron chi connectivity index (χ3n) is 3.34. The molecule has 1 unspecified atom stereocenters. The number of rotatable bonds is 4. The van der Waals surface area contributed by atoms with Gasteiger partial charge in [-0.15, -0.1) is 0 Å². The van der Waals surface area contributed by atoms with Crippen LogP contribution in [-0.2, 0) is 9.53 Å². The molecule has 0 radical (unpaired) electrons. The molecule has 102 valence electrons. The molecule has 1 aromatic rings. The molecule has 0 spiro atoms. The number of piperidine rings is 1. The summed E-state index contributed by atoms with van der Waals surface area (Å²) in [6, 6.07) is 3.79. The summed E-state index contributed by atoms with van der Waals surface area (Å²) in [7, 11) is 1.71. The first kappa shape index (κ1) is 13.7. The van der Waals surface area contributed by atoms with Gasteiger partial charge >= 0.3 is 0 Å². The first-order chi connectivity index (χ1) is 9.29. The minimum atomic E-state index is 0.0738. The molecule has 2 rings (SSSR count). The second kappa shape index (κ2) is 7.04. The topological polar surface area (TPSA) is 42.4 Å². The van der Waals surface area contributed by atoms with Crippen LogP contribution in [0.3, 0.4) is 0 Å². The van der Waals surface area contributed by atoms with Crippen LogP contribution in [0.4, 0.5) is 0 Å². The Balaban J connectivity index is 1.90. The van der Waals surface area contributed by atoms with Crippen LogP contribution < -0.4 is 0 Å². The van der Waals surface area contributed by atoms with Crippen molar-refractivity contribution in [2.45, 2.75) is 12.8 Å². The summed E-state index contributed by atoms with van der Waals surface area (Å²) < 4.78 is 5.17. The van der Waals surface area contributed by atoms with Crippen LogP contribution in [0.1, 0.15) is 18.4 Å². The summed E-state index contributed by atoms with van der Waals surface area (Å²) in [5, 5.41) is 0. The molecule has 0 saturated carbocycles. The van der Waals surface area contributed by atoms with Crippen molar-refractivity contribution in [1.29, 1.82) is 0 Å². The lowest BCUT2D eigenvalue weighted by molar-refractivity contribution is -0.128. The van der Waals surface area contributed by atoms with E-state index < -0.39 is 0 Å². The van der Waals surface area contributed by atoms with Gasteiger partial charge in [0.25, 0.3) is 0 Å². The molecular formula is C15H20N2O2. The molecule has 19 heavy (non-hydrogen) atoms. The fourth-order valence-corrected chi connectivity index (χ4v) is 2.38. The van der Waals surface area contributed by atoms with Gasteiger partial charge in [0.2, 0.25) is 5.91 Å². The van der Waals surface area contributed by atoms with E-state index in [0.717, 1.165) is 38.1 Å². The van der Waals surface area contributed by atoms with E-state index >= 15 is 0 Å². The first-order valence-electron chi connectivity index (χ1n) is 6.65. The highest BCUT2D eigenvalue weighted by molar-refractivity contribution is 5.91. The average molecular weight is 260 g/mol. The number of nitrogens with zero attached hydrogens (tertiary/aromatic N) is 2. The average Bonchev–Trinajstić information content (AvgIpc) is 2.46. The summed E-state index contributed by atoms with van der Waals surface area (Å²) in [6.07, 6.45) is 9.11. The fraction of sp³-hybridized carbons (Fsp3) is 0.467. The van der Waals surface area contributed by atoms with Crippen molar-refractivity contribution in [2.75, 3.05) is 26.8 Å². The van der Waals surface area contributed by atoms with E-state index in [1.165, 1.54) is 0 Å². The van der Waals surface area contributed by atoms with Gasteiger partial charge in [0.15, 0.2) is 0 Å². The molecule has 0 aliphatic carbocycles. The summed E-state index contributed by atoms with van der Waals surface area (Å²) >= 11 is 0. The molecule has 0 bridgehead atoms. The minimum Gasteiger partial charge on any atom is -0.384 e. The number of pyridine rings is 1. The second-order valence-corrected chi connectivity index (χ2v) is 4.87. The number of hydrogen-bond donors (Lipinski definition) is 0. The van der Waals surface area contributed by atoms with Crippen molar-refractivity contribution < 1.29 is 9.53 Å². The number of carbonyl (C=O) groups is 1. The Morgan fingerprint density at radius 1 is 1.63 bits per heavy atom. The largest absolute Gasteiger partial charge is 0.384 e. The number of amides is 1. The molecule has 4 nitrogen and oxygen atoms in total. The van der Waals surface area contributed by atoms with Crippen molar-refractivity contribution in [3.63, 3.8) is 0 Å². The molecule has 1 fully saturated rings. The SMILES string of the molecule is COCC1CCCN(C(=O)C=Cc2cccnc2)C1. The first-order valence-corrected chi connectivity index (χ1v) is 6.65. The van der Waals surface area contributed by atoms with Gasteiger partial charge in [-0.3, -0.25) is 9.78 Å². The Morgan fingerprint density at radius 3 is 3.26 bits per heavy atom. The monoisotopic (exact) mass is 260 g/mol. The van der Waals surface area contributed by atoms with Gasteiger partial charge < -0.3 is 9.64 Å². The predicted octanol–water partition coefficient (Wildman–Crippen LogP) is 1.98. The third kappa shape index (κ3) is 4.17. The van der Waals surface area contributed by atoms with Crippen LogP contribution in [0, 0.1) is 5.92 Å². The highest BCUT2D eigenvalue weighted by Crippen LogP contribution is 2.17. The summed E-state index contributed by atoms with van der Waals surface area (Å²) in [4.78, 5) is 18.0. The summed E-state index contributed by atoms with van der Waals surface area (Å²) in [5.74, 6) is 0.541. The number of likely N-dealkylation sites (tertiary alicyclic amines) is 1. The summed E-state index contributed by atoms with van der Waals surface area (Å²) in [6.45, 7) is 2.37. The van der Waals surface area contributed by atoms with Crippen LogP contribution in [0.5, 0.6) is 0 Å². The number of aromatic nitrogens is 1. The molecule has 1 saturated heterocycles. The van der Waals surface area contributed by atoms with E-state index in [9.17, 15) is 4.79 Å². The van der Waals surface area contributed by atoms with Crippen LogP contribution in [-0.4, -0.2) is 42.6 Å². The highest BCUT2D eigenvalue weighted by atomic mass is 16.5. The minimum absolute atomic E-state index is 0.0738. The van der Waals surface area contributed by atoms with Gasteiger partial charge in [-0.2, -0.15) is 0 Å². The number of ether oxygens (including phenoxy) is 1. The number of methoxy groups -OCH3 is 1. The predicted molar refractivity (Wildman–Crippen MR) is 74.5 cm³/mol. The number of carbonyl (C=O) groups excluding carboxylic acids is 1. The van der Waals surface area contributed by atoms with Crippen molar-refractivity contribution in [3.8, 4) is 0 Å². The third-order valence-corrected chi connectivity index (χ3v) is 3.34. The van der Waals surface area contributed by atoms with Crippen molar-refractivity contribution in [1.82, 2.24) is 9.88 Å². The Bertz CT molecular complexity index is 429. The van der Waals surface area contributed by atoms with Crippen molar-refractivity contribution in [2.24, 2.45) is 5.92 Å².